The Kier molecular flexibility index (Phi) is 1.42. The molecule has 2 aliphatic rings. The summed E-state index contributed by atoms with van der Waals surface area (Å²) in [5.41, 5.74) is 10.0. The summed E-state index contributed by atoms with van der Waals surface area (Å²) in [5, 5.41) is 0. The quantitative estimate of drug-likeness (QED) is 0.684. The smallest absolute Gasteiger partial charge is 0.0387 e. The van der Waals surface area contributed by atoms with Crippen LogP contribution in [-0.2, 0) is 0 Å². The number of nitrogen functional groups attached to an aromatic ring is 1. The molecule has 1 aromatic carbocycles. The molecule has 1 saturated carbocycles. The van der Waals surface area contributed by atoms with Crippen molar-refractivity contribution in [3.63, 3.8) is 0 Å². The number of anilines is 2. The number of nitrogens with two attached hydrogens (primary N) is 1. The van der Waals surface area contributed by atoms with E-state index < -0.39 is 0 Å². The monoisotopic (exact) mass is 188 g/mol. The van der Waals surface area contributed by atoms with E-state index in [2.05, 4.69) is 30.0 Å². The number of nitrogens with zero attached hydrogens (tertiary/aromatic N) is 1. The zero-order valence-corrected chi connectivity index (χ0v) is 8.59. The molecule has 74 valence electrons. The van der Waals surface area contributed by atoms with E-state index in [4.69, 9.17) is 5.73 Å². The first-order chi connectivity index (χ1) is 6.69. The van der Waals surface area contributed by atoms with Gasteiger partial charge in [-0.3, -0.25) is 0 Å². The molecule has 0 unspecified atom stereocenters. The lowest BCUT2D eigenvalue weighted by atomic mass is 9.96. The maximum atomic E-state index is 5.89. The van der Waals surface area contributed by atoms with Gasteiger partial charge in [-0.15, -0.1) is 0 Å². The van der Waals surface area contributed by atoms with Gasteiger partial charge in [0.1, 0.15) is 0 Å². The van der Waals surface area contributed by atoms with Crippen LogP contribution in [0.5, 0.6) is 0 Å². The minimum atomic E-state index is 0.722. The maximum Gasteiger partial charge on any atom is 0.0387 e. The van der Waals surface area contributed by atoms with Crippen LogP contribution in [-0.4, -0.2) is 13.1 Å². The third-order valence-corrected chi connectivity index (χ3v) is 3.64. The number of hydrogen-bond donors (Lipinski definition) is 1. The molecule has 0 amide bonds. The van der Waals surface area contributed by atoms with Crippen molar-refractivity contribution in [2.45, 2.75) is 19.8 Å². The van der Waals surface area contributed by atoms with Crippen molar-refractivity contribution < 1.29 is 0 Å². The minimum absolute atomic E-state index is 0.722. The zero-order valence-electron chi connectivity index (χ0n) is 8.59. The lowest BCUT2D eigenvalue weighted by Gasteiger charge is -2.42. The van der Waals surface area contributed by atoms with E-state index in [1.54, 1.807) is 0 Å². The van der Waals surface area contributed by atoms with Gasteiger partial charge in [-0.25, -0.2) is 0 Å². The second-order valence-corrected chi connectivity index (χ2v) is 4.90. The summed E-state index contributed by atoms with van der Waals surface area (Å²) in [6.07, 6.45) is 2.87. The first kappa shape index (κ1) is 8.16. The second-order valence-electron chi connectivity index (χ2n) is 4.90. The summed E-state index contributed by atoms with van der Waals surface area (Å²) >= 11 is 0. The highest BCUT2D eigenvalue weighted by atomic mass is 15.2. The van der Waals surface area contributed by atoms with Crippen LogP contribution in [0.2, 0.25) is 0 Å². The van der Waals surface area contributed by atoms with Crippen molar-refractivity contribution in [1.29, 1.82) is 0 Å². The second kappa shape index (κ2) is 2.44. The van der Waals surface area contributed by atoms with Crippen molar-refractivity contribution in [3.05, 3.63) is 23.8 Å². The summed E-state index contributed by atoms with van der Waals surface area (Å²) < 4.78 is 0. The van der Waals surface area contributed by atoms with E-state index in [1.807, 2.05) is 0 Å². The molecule has 2 heteroatoms. The number of aryl methyl sites for hydroxylation is 1. The first-order valence-electron chi connectivity index (χ1n) is 5.30. The third kappa shape index (κ3) is 1.10. The molecule has 1 aliphatic heterocycles. The minimum Gasteiger partial charge on any atom is -0.398 e. The summed E-state index contributed by atoms with van der Waals surface area (Å²) in [6, 6.07) is 6.40. The molecule has 0 atom stereocenters. The Bertz CT molecular complexity index is 372. The van der Waals surface area contributed by atoms with Crippen LogP contribution < -0.4 is 10.6 Å². The Morgan fingerprint density at radius 1 is 1.29 bits per heavy atom. The van der Waals surface area contributed by atoms with Crippen molar-refractivity contribution in [1.82, 2.24) is 0 Å². The molecule has 1 saturated heterocycles. The van der Waals surface area contributed by atoms with Gasteiger partial charge in [0.2, 0.25) is 0 Å². The number of rotatable bonds is 1. The van der Waals surface area contributed by atoms with Gasteiger partial charge in [-0.05, 0) is 37.5 Å². The molecule has 1 heterocycles. The fourth-order valence-electron chi connectivity index (χ4n) is 2.26. The summed E-state index contributed by atoms with van der Waals surface area (Å²) in [6.45, 7) is 4.54. The van der Waals surface area contributed by atoms with Gasteiger partial charge in [0.05, 0.1) is 0 Å². The van der Waals surface area contributed by atoms with Gasteiger partial charge >= 0.3 is 0 Å². The Hall–Kier alpha value is -1.18. The van der Waals surface area contributed by atoms with E-state index in [1.165, 1.54) is 37.2 Å². The van der Waals surface area contributed by atoms with E-state index >= 15 is 0 Å². The molecule has 1 spiro atoms. The Labute approximate surface area is 84.7 Å². The van der Waals surface area contributed by atoms with Gasteiger partial charge in [-0.1, -0.05) is 6.07 Å². The molecule has 14 heavy (non-hydrogen) atoms. The van der Waals surface area contributed by atoms with Crippen LogP contribution in [0, 0.1) is 12.3 Å². The Morgan fingerprint density at radius 2 is 2.00 bits per heavy atom. The SMILES string of the molecule is Cc1ccc(N2CC3(CC3)C2)cc1N. The maximum absolute atomic E-state index is 5.89. The van der Waals surface area contributed by atoms with Gasteiger partial charge < -0.3 is 10.6 Å². The highest BCUT2D eigenvalue weighted by molar-refractivity contribution is 5.61. The van der Waals surface area contributed by atoms with E-state index in [9.17, 15) is 0 Å². The molecule has 3 rings (SSSR count). The molecular weight excluding hydrogens is 172 g/mol. The first-order valence-corrected chi connectivity index (χ1v) is 5.30. The van der Waals surface area contributed by atoms with Gasteiger partial charge in [-0.2, -0.15) is 0 Å². The number of benzene rings is 1. The molecule has 0 aromatic heterocycles. The molecule has 2 N–H and O–H groups in total. The summed E-state index contributed by atoms with van der Waals surface area (Å²) in [7, 11) is 0. The van der Waals surface area contributed by atoms with Gasteiger partial charge in [0.25, 0.3) is 0 Å². The Morgan fingerprint density at radius 3 is 2.57 bits per heavy atom. The molecule has 0 radical (unpaired) electrons. The van der Waals surface area contributed by atoms with Crippen LogP contribution in [0.3, 0.4) is 0 Å². The molecule has 2 fully saturated rings. The predicted molar refractivity (Wildman–Crippen MR) is 59.5 cm³/mol. The van der Waals surface area contributed by atoms with E-state index in [0.717, 1.165) is 11.1 Å². The summed E-state index contributed by atoms with van der Waals surface area (Å²) in [5.74, 6) is 0. The predicted octanol–water partition coefficient (Wildman–Crippen LogP) is 2.18. The van der Waals surface area contributed by atoms with Crippen molar-refractivity contribution in [3.8, 4) is 0 Å². The molecule has 0 bridgehead atoms. The number of hydrogen-bond acceptors (Lipinski definition) is 2. The van der Waals surface area contributed by atoms with Crippen molar-refractivity contribution >= 4 is 11.4 Å². The molecule has 2 nitrogen and oxygen atoms in total. The molecule has 1 aromatic rings. The van der Waals surface area contributed by atoms with Crippen LogP contribution in [0.25, 0.3) is 0 Å². The van der Waals surface area contributed by atoms with Crippen LogP contribution in [0.15, 0.2) is 18.2 Å². The fourth-order valence-corrected chi connectivity index (χ4v) is 2.26. The topological polar surface area (TPSA) is 29.3 Å². The van der Waals surface area contributed by atoms with Crippen LogP contribution in [0.4, 0.5) is 11.4 Å². The van der Waals surface area contributed by atoms with Crippen LogP contribution in [0.1, 0.15) is 18.4 Å². The largest absolute Gasteiger partial charge is 0.398 e. The fraction of sp³-hybridized carbons (Fsp3) is 0.500. The highest BCUT2D eigenvalue weighted by Gasteiger charge is 2.52. The van der Waals surface area contributed by atoms with Gasteiger partial charge in [0, 0.05) is 29.9 Å². The van der Waals surface area contributed by atoms with Crippen molar-refractivity contribution in [2.75, 3.05) is 23.7 Å². The normalized spacial score (nSPS) is 22.2. The average molecular weight is 188 g/mol. The van der Waals surface area contributed by atoms with E-state index in [-0.39, 0.29) is 0 Å². The van der Waals surface area contributed by atoms with E-state index in [0.29, 0.717) is 0 Å². The highest BCUT2D eigenvalue weighted by Crippen LogP contribution is 2.53. The molecule has 1 aliphatic carbocycles. The Balaban J connectivity index is 1.80. The van der Waals surface area contributed by atoms with Crippen LogP contribution >= 0.6 is 0 Å². The van der Waals surface area contributed by atoms with Crippen molar-refractivity contribution in [2.24, 2.45) is 5.41 Å². The lowest BCUT2D eigenvalue weighted by Crippen LogP contribution is -2.48. The van der Waals surface area contributed by atoms with Gasteiger partial charge in [0.15, 0.2) is 0 Å². The summed E-state index contributed by atoms with van der Waals surface area (Å²) in [4.78, 5) is 2.43. The average Bonchev–Trinajstić information content (AvgIpc) is 2.87. The third-order valence-electron chi connectivity index (χ3n) is 3.64. The molecular formula is C12H16N2. The standard InChI is InChI=1S/C12H16N2/c1-9-2-3-10(6-11(9)13)14-7-12(8-14)4-5-12/h2-3,6H,4-5,7-8,13H2,1H3. The zero-order chi connectivity index (χ0) is 9.76. The lowest BCUT2D eigenvalue weighted by molar-refractivity contribution is 0.387.